The van der Waals surface area contributed by atoms with Crippen molar-refractivity contribution in [2.75, 3.05) is 78.4 Å². The molecule has 3 aromatic carbocycles. The van der Waals surface area contributed by atoms with Crippen molar-refractivity contribution in [1.82, 2.24) is 4.90 Å². The first kappa shape index (κ1) is 50.0. The molecule has 6 atom stereocenters. The van der Waals surface area contributed by atoms with Crippen molar-refractivity contribution in [2.45, 2.75) is 81.1 Å². The summed E-state index contributed by atoms with van der Waals surface area (Å²) >= 11 is 1.74. The average molecular weight is 917 g/mol. The first-order chi connectivity index (χ1) is 32.0. The summed E-state index contributed by atoms with van der Waals surface area (Å²) in [6.07, 6.45) is 8.20. The van der Waals surface area contributed by atoms with E-state index in [0.29, 0.717) is 44.1 Å². The van der Waals surface area contributed by atoms with Gasteiger partial charge in [0.25, 0.3) is 0 Å². The first-order valence-corrected chi connectivity index (χ1v) is 24.2. The van der Waals surface area contributed by atoms with Crippen molar-refractivity contribution < 1.29 is 53.4 Å². The number of rotatable bonds is 29. The fourth-order valence-electron chi connectivity index (χ4n) is 9.46. The van der Waals surface area contributed by atoms with Crippen LogP contribution in [0.25, 0.3) is 0 Å². The molecule has 1 heterocycles. The lowest BCUT2D eigenvalue weighted by atomic mass is 9.55. The van der Waals surface area contributed by atoms with Gasteiger partial charge in [0.15, 0.2) is 0 Å². The van der Waals surface area contributed by atoms with E-state index in [9.17, 15) is 20.1 Å². The number of oxime groups is 1. The third kappa shape index (κ3) is 13.4. The molecule has 0 unspecified atom stereocenters. The number of unbranched alkanes of at least 4 members (excludes halogenated alkanes) is 2. The molecule has 0 aromatic heterocycles. The molecule has 3 N–H and O–H groups in total. The third-order valence-electron chi connectivity index (χ3n) is 12.2. The molecule has 1 aliphatic heterocycles. The van der Waals surface area contributed by atoms with Crippen molar-refractivity contribution >= 4 is 23.6 Å². The molecule has 3 aromatic rings. The number of fused-ring (bicyclic) bond motifs is 2. The number of allylic oxidation sites excluding steroid dienone is 1. The van der Waals surface area contributed by atoms with Gasteiger partial charge in [0.05, 0.1) is 57.9 Å². The van der Waals surface area contributed by atoms with Gasteiger partial charge in [-0.25, -0.2) is 4.79 Å². The van der Waals surface area contributed by atoms with Gasteiger partial charge in [-0.15, -0.1) is 18.3 Å². The Balaban J connectivity index is 1.43. The summed E-state index contributed by atoms with van der Waals surface area (Å²) < 4.78 is 38.5. The van der Waals surface area contributed by atoms with Crippen molar-refractivity contribution in [1.29, 1.82) is 0 Å². The van der Waals surface area contributed by atoms with Gasteiger partial charge in [-0.05, 0) is 85.9 Å². The first-order valence-electron chi connectivity index (χ1n) is 23.2. The lowest BCUT2D eigenvalue weighted by Gasteiger charge is -2.59. The molecular weight excluding hydrogens is 849 g/mol. The summed E-state index contributed by atoms with van der Waals surface area (Å²) in [5, 5.41) is 34.2. The zero-order valence-corrected chi connectivity index (χ0v) is 38.6. The van der Waals surface area contributed by atoms with Gasteiger partial charge in [-0.2, -0.15) is 0 Å². The van der Waals surface area contributed by atoms with Crippen molar-refractivity contribution in [3.8, 4) is 11.5 Å². The molecule has 1 saturated carbocycles. The van der Waals surface area contributed by atoms with Crippen LogP contribution in [0.4, 0.5) is 4.79 Å². The van der Waals surface area contributed by atoms with E-state index in [0.717, 1.165) is 53.9 Å². The largest absolute Gasteiger partial charge is 0.493 e. The highest BCUT2D eigenvalue weighted by molar-refractivity contribution is 7.99. The van der Waals surface area contributed by atoms with E-state index in [-0.39, 0.29) is 83.6 Å². The zero-order chi connectivity index (χ0) is 45.7. The summed E-state index contributed by atoms with van der Waals surface area (Å²) in [6.45, 7) is 7.75. The monoisotopic (exact) mass is 916 g/mol. The van der Waals surface area contributed by atoms with Gasteiger partial charge in [-0.1, -0.05) is 78.7 Å². The second-order valence-corrected chi connectivity index (χ2v) is 17.6. The topological polar surface area (TPSA) is 158 Å². The second-order valence-electron chi connectivity index (χ2n) is 16.4. The Morgan fingerprint density at radius 3 is 2.42 bits per heavy atom. The molecule has 354 valence electrons. The number of amides is 1. The van der Waals surface area contributed by atoms with E-state index in [4.69, 9.17) is 38.4 Å². The number of hydrogen-bond acceptors (Lipinski definition) is 13. The lowest BCUT2D eigenvalue weighted by Crippen LogP contribution is -2.70. The number of thioether (sulfide) groups is 1. The van der Waals surface area contributed by atoms with Crippen molar-refractivity contribution in [2.24, 2.45) is 22.9 Å². The third-order valence-corrected chi connectivity index (χ3v) is 13.2. The SMILES string of the molecule is C=CCO[C@@]12Oc3ccc(OCCSc4ccccc4)cc3[C@H]3[C@H](CCCCO)[C@@H](CCCCO)C=C(C(=NOCC)C[C@@H]1N(CCOCCO)C(=O)OCCOCc1ccccc1)[C@H]32. The highest BCUT2D eigenvalue weighted by Gasteiger charge is 2.65. The van der Waals surface area contributed by atoms with E-state index in [1.807, 2.05) is 67.6 Å². The number of carbonyl (C=O) groups is 1. The molecule has 6 rings (SSSR count). The summed E-state index contributed by atoms with van der Waals surface area (Å²) in [7, 11) is 0. The molecule has 3 aliphatic rings. The molecular formula is C51H68N2O11S. The van der Waals surface area contributed by atoms with Gasteiger partial charge in [0, 0.05) is 48.3 Å². The number of benzene rings is 3. The maximum atomic E-state index is 14.6. The van der Waals surface area contributed by atoms with Crippen molar-refractivity contribution in [3.63, 3.8) is 0 Å². The number of carbonyl (C=O) groups excluding carboxylic acids is 1. The minimum atomic E-state index is -1.47. The van der Waals surface area contributed by atoms with E-state index >= 15 is 0 Å². The molecule has 65 heavy (non-hydrogen) atoms. The Morgan fingerprint density at radius 2 is 1.68 bits per heavy atom. The highest BCUT2D eigenvalue weighted by Crippen LogP contribution is 2.62. The number of nitrogens with zero attached hydrogens (tertiary/aromatic N) is 2. The normalized spacial score (nSPS) is 22.6. The average Bonchev–Trinajstić information content (AvgIpc) is 3.33. The van der Waals surface area contributed by atoms with Crippen molar-refractivity contribution in [3.05, 3.63) is 114 Å². The molecule has 1 amide bonds. The lowest BCUT2D eigenvalue weighted by molar-refractivity contribution is -0.256. The van der Waals surface area contributed by atoms with E-state index in [2.05, 4.69) is 30.9 Å². The molecule has 13 nitrogen and oxygen atoms in total. The molecule has 0 radical (unpaired) electrons. The summed E-state index contributed by atoms with van der Waals surface area (Å²) in [6, 6.07) is 25.2. The Kier molecular flexibility index (Phi) is 20.5. The molecule has 14 heteroatoms. The van der Waals surface area contributed by atoms with Crippen LogP contribution in [0.3, 0.4) is 0 Å². The second kappa shape index (κ2) is 26.7. The summed E-state index contributed by atoms with van der Waals surface area (Å²) in [5.74, 6) is 0.0617. The molecule has 0 saturated heterocycles. The van der Waals surface area contributed by atoms with Crippen LogP contribution in [0.2, 0.25) is 0 Å². The van der Waals surface area contributed by atoms with Crippen LogP contribution in [0.15, 0.2) is 113 Å². The predicted octanol–water partition coefficient (Wildman–Crippen LogP) is 8.18. The van der Waals surface area contributed by atoms with Crippen LogP contribution in [-0.2, 0) is 30.4 Å². The minimum absolute atomic E-state index is 0.00275. The smallest absolute Gasteiger partial charge is 0.410 e. The number of aliphatic hydroxyl groups is 3. The zero-order valence-electron chi connectivity index (χ0n) is 37.8. The maximum Gasteiger partial charge on any atom is 0.410 e. The Morgan fingerprint density at radius 1 is 0.908 bits per heavy atom. The molecule has 0 bridgehead atoms. The van der Waals surface area contributed by atoms with Gasteiger partial charge in [-0.3, -0.25) is 4.90 Å². The fourth-order valence-corrected chi connectivity index (χ4v) is 10.2. The quantitative estimate of drug-likeness (QED) is 0.0266. The summed E-state index contributed by atoms with van der Waals surface area (Å²) in [5.41, 5.74) is 3.60. The standard InChI is InChI=1S/C51H68N2O11S/c1-3-27-62-51-47(53(23-28-58-29-26-56)50(57)61-31-30-59-37-38-15-7-5-8-16-38)36-45(52-63-4-2)43-34-39(17-11-13-24-54)42(20-12-14-25-55)48(49(43)51)44-35-40(21-22-46(44)64-51)60-32-33-65-41-18-9-6-10-19-41/h3,5-10,15-16,18-19,21-22,34-35,39,42,47-49,54-56H,1,4,11-14,17,20,23-33,36-37H2,2H3/t39-,42+,47-,48+,49+,51+/m0/s1. The van der Waals surface area contributed by atoms with Crippen LogP contribution in [0.5, 0.6) is 11.5 Å². The number of aliphatic hydroxyl groups excluding tert-OH is 3. The van der Waals surface area contributed by atoms with Gasteiger partial charge < -0.3 is 48.6 Å². The summed E-state index contributed by atoms with van der Waals surface area (Å²) in [4.78, 5) is 23.3. The van der Waals surface area contributed by atoms with Gasteiger partial charge in [0.2, 0.25) is 5.79 Å². The van der Waals surface area contributed by atoms with Gasteiger partial charge >= 0.3 is 6.09 Å². The molecule has 1 fully saturated rings. The molecule has 2 aliphatic carbocycles. The van der Waals surface area contributed by atoms with E-state index < -0.39 is 23.8 Å². The number of hydrogen-bond donors (Lipinski definition) is 3. The highest BCUT2D eigenvalue weighted by atomic mass is 32.2. The Labute approximate surface area is 388 Å². The predicted molar refractivity (Wildman–Crippen MR) is 251 cm³/mol. The minimum Gasteiger partial charge on any atom is -0.493 e. The van der Waals surface area contributed by atoms with Crippen LogP contribution >= 0.6 is 11.8 Å². The number of ether oxygens (including phenoxy) is 6. The van der Waals surface area contributed by atoms with E-state index in [1.54, 1.807) is 22.7 Å². The van der Waals surface area contributed by atoms with E-state index in [1.165, 1.54) is 4.90 Å². The maximum absolute atomic E-state index is 14.6. The molecule has 0 spiro atoms. The Hall–Kier alpha value is -4.41. The van der Waals surface area contributed by atoms with Crippen LogP contribution < -0.4 is 9.47 Å². The van der Waals surface area contributed by atoms with Crippen LogP contribution in [0.1, 0.15) is 68.9 Å². The fraction of sp³-hybridized carbons (Fsp3) is 0.529. The van der Waals surface area contributed by atoms with Gasteiger partial charge in [0.1, 0.15) is 30.8 Å². The van der Waals surface area contributed by atoms with Crippen LogP contribution in [-0.4, -0.2) is 122 Å². The Bertz CT molecular complexity index is 1950. The van der Waals surface area contributed by atoms with Crippen LogP contribution in [0, 0.1) is 17.8 Å².